The maximum Gasteiger partial charge on any atom is 0.228 e. The average molecular weight is 336 g/mol. The van der Waals surface area contributed by atoms with Crippen molar-refractivity contribution < 1.29 is 4.79 Å². The predicted octanol–water partition coefficient (Wildman–Crippen LogP) is 2.69. The second-order valence-corrected chi connectivity index (χ2v) is 5.34. The summed E-state index contributed by atoms with van der Waals surface area (Å²) in [4.78, 5) is 14.1. The van der Waals surface area contributed by atoms with Crippen molar-refractivity contribution in [1.29, 1.82) is 0 Å². The molecule has 1 rings (SSSR count). The Labute approximate surface area is 140 Å². The lowest BCUT2D eigenvalue weighted by atomic mass is 10.1. The number of carbonyl (C=O) groups is 1. The third-order valence-electron chi connectivity index (χ3n) is 3.02. The van der Waals surface area contributed by atoms with Gasteiger partial charge in [-0.25, -0.2) is 0 Å². The highest BCUT2D eigenvalue weighted by Gasteiger charge is 2.13. The van der Waals surface area contributed by atoms with Gasteiger partial charge in [0.05, 0.1) is 0 Å². The fourth-order valence-corrected chi connectivity index (χ4v) is 1.92. The number of nitrogens with zero attached hydrogens (tertiary/aromatic N) is 1. The van der Waals surface area contributed by atoms with E-state index < -0.39 is 0 Å². The molecule has 0 aliphatic carbocycles. The number of carbonyl (C=O) groups excluding carboxylic acids is 1. The van der Waals surface area contributed by atoms with Gasteiger partial charge in [-0.15, -0.1) is 24.8 Å². The van der Waals surface area contributed by atoms with Crippen LogP contribution in [-0.2, 0) is 11.3 Å². The molecule has 0 aliphatic heterocycles. The van der Waals surface area contributed by atoms with E-state index in [0.717, 1.165) is 17.8 Å². The lowest BCUT2D eigenvalue weighted by Gasteiger charge is -2.16. The van der Waals surface area contributed by atoms with Gasteiger partial charge < -0.3 is 15.5 Å². The Bertz CT molecular complexity index is 439. The van der Waals surface area contributed by atoms with Gasteiger partial charge in [-0.2, -0.15) is 0 Å². The quantitative estimate of drug-likeness (QED) is 0.840. The van der Waals surface area contributed by atoms with E-state index in [1.54, 1.807) is 0 Å². The number of hydrogen-bond acceptors (Lipinski definition) is 3. The molecule has 6 heteroatoms. The molecule has 21 heavy (non-hydrogen) atoms. The van der Waals surface area contributed by atoms with Crippen molar-refractivity contribution in [3.8, 4) is 0 Å². The smallest absolute Gasteiger partial charge is 0.228 e. The molecule has 0 spiro atoms. The van der Waals surface area contributed by atoms with Gasteiger partial charge in [0.15, 0.2) is 0 Å². The lowest BCUT2D eigenvalue weighted by Crippen LogP contribution is -2.28. The van der Waals surface area contributed by atoms with Crippen LogP contribution in [0, 0.1) is 12.8 Å². The number of anilines is 1. The monoisotopic (exact) mass is 335 g/mol. The normalized spacial score (nSPS) is 11.3. The fraction of sp³-hybridized carbons (Fsp3) is 0.533. The van der Waals surface area contributed by atoms with Crippen molar-refractivity contribution >= 4 is 36.4 Å². The average Bonchev–Trinajstić information content (AvgIpc) is 2.33. The van der Waals surface area contributed by atoms with Crippen LogP contribution < -0.4 is 10.6 Å². The molecule has 0 heterocycles. The van der Waals surface area contributed by atoms with Gasteiger partial charge in [-0.1, -0.05) is 19.1 Å². The summed E-state index contributed by atoms with van der Waals surface area (Å²) in [5, 5.41) is 6.03. The second-order valence-electron chi connectivity index (χ2n) is 5.34. The predicted molar refractivity (Wildman–Crippen MR) is 94.8 cm³/mol. The SMILES string of the molecule is CNCC(C)C(=O)Nc1cc(CN(C)C)ccc1C.Cl.Cl. The lowest BCUT2D eigenvalue weighted by molar-refractivity contribution is -0.119. The van der Waals surface area contributed by atoms with Crippen molar-refractivity contribution in [2.24, 2.45) is 5.92 Å². The van der Waals surface area contributed by atoms with Crippen LogP contribution in [0.2, 0.25) is 0 Å². The number of halogens is 2. The van der Waals surface area contributed by atoms with Gasteiger partial charge in [0.2, 0.25) is 5.91 Å². The third kappa shape index (κ3) is 7.67. The summed E-state index contributed by atoms with van der Waals surface area (Å²) in [5.41, 5.74) is 3.20. The molecule has 2 N–H and O–H groups in total. The van der Waals surface area contributed by atoms with Crippen LogP contribution in [0.1, 0.15) is 18.1 Å². The third-order valence-corrected chi connectivity index (χ3v) is 3.02. The molecule has 0 radical (unpaired) electrons. The molecule has 1 atom stereocenters. The van der Waals surface area contributed by atoms with Crippen molar-refractivity contribution in [3.63, 3.8) is 0 Å². The van der Waals surface area contributed by atoms with Crippen LogP contribution >= 0.6 is 24.8 Å². The Balaban J connectivity index is 0. The standard InChI is InChI=1S/C15H25N3O.2ClH/c1-11-6-7-13(10-18(4)5)8-14(11)17-15(19)12(2)9-16-3;;/h6-8,12,16H,9-10H2,1-5H3,(H,17,19);2*1H. The Morgan fingerprint density at radius 1 is 1.29 bits per heavy atom. The summed E-state index contributed by atoms with van der Waals surface area (Å²) < 4.78 is 0. The summed E-state index contributed by atoms with van der Waals surface area (Å²) in [6, 6.07) is 6.21. The number of hydrogen-bond donors (Lipinski definition) is 2. The van der Waals surface area contributed by atoms with Gasteiger partial charge in [0.25, 0.3) is 0 Å². The summed E-state index contributed by atoms with van der Waals surface area (Å²) >= 11 is 0. The molecule has 0 aromatic heterocycles. The van der Waals surface area contributed by atoms with Crippen LogP contribution in [-0.4, -0.2) is 38.5 Å². The Morgan fingerprint density at radius 2 is 1.90 bits per heavy atom. The minimum Gasteiger partial charge on any atom is -0.326 e. The van der Waals surface area contributed by atoms with E-state index in [0.29, 0.717) is 6.54 Å². The minimum absolute atomic E-state index is 0. The molecule has 0 saturated heterocycles. The van der Waals surface area contributed by atoms with Gasteiger partial charge in [0.1, 0.15) is 0 Å². The highest BCUT2D eigenvalue weighted by atomic mass is 35.5. The largest absolute Gasteiger partial charge is 0.326 e. The van der Waals surface area contributed by atoms with Gasteiger partial charge in [-0.3, -0.25) is 4.79 Å². The van der Waals surface area contributed by atoms with Crippen molar-refractivity contribution in [2.45, 2.75) is 20.4 Å². The Morgan fingerprint density at radius 3 is 2.43 bits per heavy atom. The second kappa shape index (κ2) is 10.9. The van der Waals surface area contributed by atoms with Crippen LogP contribution in [0.15, 0.2) is 18.2 Å². The first kappa shape index (κ1) is 22.5. The van der Waals surface area contributed by atoms with Crippen LogP contribution in [0.5, 0.6) is 0 Å². The summed E-state index contributed by atoms with van der Waals surface area (Å²) in [7, 11) is 5.92. The maximum absolute atomic E-state index is 12.0. The molecular formula is C15H27Cl2N3O. The van der Waals surface area contributed by atoms with Gasteiger partial charge >= 0.3 is 0 Å². The molecule has 0 bridgehead atoms. The molecule has 1 aromatic rings. The zero-order valence-corrected chi connectivity index (χ0v) is 15.0. The highest BCUT2D eigenvalue weighted by molar-refractivity contribution is 5.93. The first-order valence-corrected chi connectivity index (χ1v) is 6.63. The number of benzene rings is 1. The first-order valence-electron chi connectivity index (χ1n) is 6.63. The topological polar surface area (TPSA) is 44.4 Å². The van der Waals surface area contributed by atoms with E-state index in [4.69, 9.17) is 0 Å². The summed E-state index contributed by atoms with van der Waals surface area (Å²) in [5.74, 6) is 0.0151. The molecule has 1 amide bonds. The molecule has 4 nitrogen and oxygen atoms in total. The first-order chi connectivity index (χ1) is 8.93. The summed E-state index contributed by atoms with van der Waals surface area (Å²) in [6.45, 7) is 5.49. The fourth-order valence-electron chi connectivity index (χ4n) is 1.92. The number of aryl methyl sites for hydroxylation is 1. The zero-order chi connectivity index (χ0) is 14.4. The molecule has 0 aliphatic rings. The van der Waals surface area contributed by atoms with Gasteiger partial charge in [-0.05, 0) is 45.3 Å². The van der Waals surface area contributed by atoms with Crippen molar-refractivity contribution in [3.05, 3.63) is 29.3 Å². The maximum atomic E-state index is 12.0. The van der Waals surface area contributed by atoms with Gasteiger partial charge in [0, 0.05) is 24.7 Å². The molecule has 1 unspecified atom stereocenters. The Kier molecular flexibility index (Phi) is 11.6. The van der Waals surface area contributed by atoms with Crippen molar-refractivity contribution in [1.82, 2.24) is 10.2 Å². The minimum atomic E-state index is -0.0399. The molecule has 1 aromatic carbocycles. The van der Waals surface area contributed by atoms with E-state index in [-0.39, 0.29) is 36.6 Å². The number of rotatable bonds is 6. The Hall–Kier alpha value is -0.810. The van der Waals surface area contributed by atoms with Crippen molar-refractivity contribution in [2.75, 3.05) is 33.0 Å². The van der Waals surface area contributed by atoms with E-state index >= 15 is 0 Å². The molecular weight excluding hydrogens is 309 g/mol. The number of amides is 1. The van der Waals surface area contributed by atoms with E-state index in [1.807, 2.05) is 35.0 Å². The molecule has 0 fully saturated rings. The zero-order valence-electron chi connectivity index (χ0n) is 13.4. The van der Waals surface area contributed by atoms with E-state index in [9.17, 15) is 4.79 Å². The highest BCUT2D eigenvalue weighted by Crippen LogP contribution is 2.18. The van der Waals surface area contributed by atoms with Crippen LogP contribution in [0.4, 0.5) is 5.69 Å². The van der Waals surface area contributed by atoms with E-state index in [2.05, 4.69) is 33.7 Å². The molecule has 0 saturated carbocycles. The van der Waals surface area contributed by atoms with Crippen LogP contribution in [0.3, 0.4) is 0 Å². The molecule has 122 valence electrons. The van der Waals surface area contributed by atoms with E-state index in [1.165, 1.54) is 5.56 Å². The number of nitrogens with one attached hydrogen (secondary N) is 2. The summed E-state index contributed by atoms with van der Waals surface area (Å²) in [6.07, 6.45) is 0. The van der Waals surface area contributed by atoms with Crippen LogP contribution in [0.25, 0.3) is 0 Å².